The number of amides is 1. The Balaban J connectivity index is 1.37. The van der Waals surface area contributed by atoms with E-state index in [1.165, 1.54) is 21.9 Å². The van der Waals surface area contributed by atoms with E-state index >= 15 is 0 Å². The molecule has 0 radical (unpaired) electrons. The van der Waals surface area contributed by atoms with Crippen LogP contribution in [0.1, 0.15) is 47.2 Å². The third-order valence-electron chi connectivity index (χ3n) is 8.14. The largest absolute Gasteiger partial charge is 0.497 e. The molecule has 4 aromatic carbocycles. The summed E-state index contributed by atoms with van der Waals surface area (Å²) >= 11 is 0. The number of ether oxygens (including phenoxy) is 1. The quantitative estimate of drug-likeness (QED) is 0.226. The molecule has 7 nitrogen and oxygen atoms in total. The van der Waals surface area contributed by atoms with Gasteiger partial charge in [0.15, 0.2) is 5.82 Å². The molecule has 1 amide bonds. The minimum Gasteiger partial charge on any atom is -0.497 e. The molecule has 1 unspecified atom stereocenters. The lowest BCUT2D eigenvalue weighted by atomic mass is 9.98. The van der Waals surface area contributed by atoms with Crippen LogP contribution in [-0.4, -0.2) is 40.4 Å². The van der Waals surface area contributed by atoms with Crippen molar-refractivity contribution in [2.24, 2.45) is 0 Å². The zero-order valence-corrected chi connectivity index (χ0v) is 24.0. The van der Waals surface area contributed by atoms with Crippen molar-refractivity contribution in [3.63, 3.8) is 0 Å². The molecule has 5 aromatic rings. The number of rotatable bonds is 11. The predicted molar refractivity (Wildman–Crippen MR) is 166 cm³/mol. The number of aromatic nitrogens is 3. The second-order valence-corrected chi connectivity index (χ2v) is 10.9. The number of nitrogens with zero attached hydrogens (tertiary/aromatic N) is 3. The van der Waals surface area contributed by atoms with Gasteiger partial charge in [-0.3, -0.25) is 4.79 Å². The Labute approximate surface area is 246 Å². The van der Waals surface area contributed by atoms with Gasteiger partial charge in [0.05, 0.1) is 25.7 Å². The second kappa shape index (κ2) is 13.0. The van der Waals surface area contributed by atoms with Crippen LogP contribution in [0.4, 0.5) is 0 Å². The van der Waals surface area contributed by atoms with Crippen molar-refractivity contribution in [2.75, 3.05) is 13.7 Å². The number of benzene rings is 4. The summed E-state index contributed by atoms with van der Waals surface area (Å²) in [6, 6.07) is 32.8. The van der Waals surface area contributed by atoms with Gasteiger partial charge in [0.2, 0.25) is 5.91 Å². The molecule has 6 rings (SSSR count). The number of aryl methyl sites for hydroxylation is 2. The van der Waals surface area contributed by atoms with E-state index in [2.05, 4.69) is 94.1 Å². The van der Waals surface area contributed by atoms with E-state index < -0.39 is 0 Å². The first-order chi connectivity index (χ1) is 20.7. The smallest absolute Gasteiger partial charge is 0.237 e. The zero-order chi connectivity index (χ0) is 28.7. The average Bonchev–Trinajstić information content (AvgIpc) is 3.72. The molecule has 0 bridgehead atoms. The molecular weight excluding hydrogens is 522 g/mol. The summed E-state index contributed by atoms with van der Waals surface area (Å²) in [6.07, 6.45) is 4.05. The number of methoxy groups -OCH3 is 1. The maximum atomic E-state index is 13.5. The fraction of sp³-hybridized carbons (Fsp3) is 0.286. The molecule has 0 aliphatic carbocycles. The number of carbonyl (C=O) groups excluding carboxylic acids is 1. The minimum absolute atomic E-state index is 0.0163. The highest BCUT2D eigenvalue weighted by atomic mass is 16.5. The van der Waals surface area contributed by atoms with Crippen LogP contribution in [0.3, 0.4) is 0 Å². The van der Waals surface area contributed by atoms with Gasteiger partial charge >= 0.3 is 0 Å². The van der Waals surface area contributed by atoms with Crippen molar-refractivity contribution >= 4 is 16.7 Å². The van der Waals surface area contributed by atoms with Crippen molar-refractivity contribution in [1.29, 1.82) is 0 Å². The maximum Gasteiger partial charge on any atom is 0.237 e. The van der Waals surface area contributed by atoms with E-state index in [0.29, 0.717) is 13.0 Å². The Morgan fingerprint density at radius 3 is 2.50 bits per heavy atom. The van der Waals surface area contributed by atoms with Gasteiger partial charge < -0.3 is 19.9 Å². The van der Waals surface area contributed by atoms with Gasteiger partial charge in [-0.05, 0) is 65.4 Å². The summed E-state index contributed by atoms with van der Waals surface area (Å²) in [5.74, 6) is 2.51. The van der Waals surface area contributed by atoms with E-state index in [4.69, 9.17) is 14.9 Å². The summed E-state index contributed by atoms with van der Waals surface area (Å²) in [4.78, 5) is 13.5. The third kappa shape index (κ3) is 6.37. The molecule has 214 valence electrons. The SMILES string of the molecule is COc1ccc(Cn2c(CCc3ccccc3)nnc2[C@@H](Cc2cccc3ccccc23)NC(=O)C2CCCN2)cc1. The summed E-state index contributed by atoms with van der Waals surface area (Å²) in [5, 5.41) is 18.6. The van der Waals surface area contributed by atoms with Crippen LogP contribution in [0.5, 0.6) is 5.75 Å². The number of hydrogen-bond acceptors (Lipinski definition) is 5. The van der Waals surface area contributed by atoms with Gasteiger partial charge in [-0.2, -0.15) is 0 Å². The molecule has 1 aromatic heterocycles. The topological polar surface area (TPSA) is 81.1 Å². The molecule has 1 aliphatic rings. The van der Waals surface area contributed by atoms with Crippen molar-refractivity contribution in [2.45, 2.75) is 50.7 Å². The predicted octanol–water partition coefficient (Wildman–Crippen LogP) is 5.43. The maximum absolute atomic E-state index is 13.5. The zero-order valence-electron chi connectivity index (χ0n) is 24.0. The van der Waals surface area contributed by atoms with E-state index in [1.807, 2.05) is 18.2 Å². The molecule has 1 saturated heterocycles. The van der Waals surface area contributed by atoms with Crippen LogP contribution in [0, 0.1) is 0 Å². The van der Waals surface area contributed by atoms with Crippen molar-refractivity contribution in [3.05, 3.63) is 125 Å². The highest BCUT2D eigenvalue weighted by Crippen LogP contribution is 2.26. The van der Waals surface area contributed by atoms with E-state index in [1.54, 1.807) is 7.11 Å². The molecule has 0 spiro atoms. The first kappa shape index (κ1) is 27.7. The minimum atomic E-state index is -0.345. The lowest BCUT2D eigenvalue weighted by Gasteiger charge is -2.23. The third-order valence-corrected chi connectivity index (χ3v) is 8.14. The molecule has 0 saturated carbocycles. The first-order valence-electron chi connectivity index (χ1n) is 14.8. The highest BCUT2D eigenvalue weighted by molar-refractivity contribution is 5.86. The van der Waals surface area contributed by atoms with Gasteiger partial charge in [0, 0.05) is 12.8 Å². The van der Waals surface area contributed by atoms with E-state index in [0.717, 1.165) is 55.2 Å². The van der Waals surface area contributed by atoms with Crippen LogP contribution < -0.4 is 15.4 Å². The van der Waals surface area contributed by atoms with Gasteiger partial charge in [-0.1, -0.05) is 84.9 Å². The first-order valence-corrected chi connectivity index (χ1v) is 14.8. The van der Waals surface area contributed by atoms with E-state index in [-0.39, 0.29) is 18.0 Å². The van der Waals surface area contributed by atoms with Crippen LogP contribution in [0.25, 0.3) is 10.8 Å². The van der Waals surface area contributed by atoms with Crippen LogP contribution in [0.2, 0.25) is 0 Å². The number of hydrogen-bond donors (Lipinski definition) is 2. The molecule has 2 N–H and O–H groups in total. The fourth-order valence-corrected chi connectivity index (χ4v) is 5.86. The normalized spacial score (nSPS) is 15.5. The van der Waals surface area contributed by atoms with Gasteiger partial charge in [0.1, 0.15) is 11.6 Å². The van der Waals surface area contributed by atoms with Gasteiger partial charge in [-0.15, -0.1) is 10.2 Å². The Hall–Kier alpha value is -4.49. The molecule has 1 fully saturated rings. The van der Waals surface area contributed by atoms with Crippen LogP contribution in [0.15, 0.2) is 97.1 Å². The molecular formula is C35H37N5O2. The summed E-state index contributed by atoms with van der Waals surface area (Å²) in [7, 11) is 1.67. The lowest BCUT2D eigenvalue weighted by molar-refractivity contribution is -0.123. The number of carbonyl (C=O) groups is 1. The Morgan fingerprint density at radius 2 is 1.71 bits per heavy atom. The van der Waals surface area contributed by atoms with Gasteiger partial charge in [0.25, 0.3) is 0 Å². The Morgan fingerprint density at radius 1 is 0.929 bits per heavy atom. The average molecular weight is 560 g/mol. The molecule has 1 aliphatic heterocycles. The molecule has 7 heteroatoms. The molecule has 42 heavy (non-hydrogen) atoms. The molecule has 2 heterocycles. The number of nitrogens with one attached hydrogen (secondary N) is 2. The standard InChI is InChI=1S/C35H37N5O2/c1-42-29-19-16-26(17-20-29)24-40-33(21-18-25-9-3-2-4-10-25)38-39-34(40)32(37-35(41)31-15-8-22-36-31)23-28-13-7-12-27-11-5-6-14-30(27)28/h2-7,9-14,16-17,19-20,31-32,36H,8,15,18,21-24H2,1H3,(H,37,41)/t31?,32-/m1/s1. The Bertz CT molecular complexity index is 1620. The van der Waals surface area contributed by atoms with Crippen molar-refractivity contribution in [3.8, 4) is 5.75 Å². The number of fused-ring (bicyclic) bond motifs is 1. The molecule has 2 atom stereocenters. The monoisotopic (exact) mass is 559 g/mol. The fourth-order valence-electron chi connectivity index (χ4n) is 5.86. The van der Waals surface area contributed by atoms with E-state index in [9.17, 15) is 4.79 Å². The van der Waals surface area contributed by atoms with Gasteiger partial charge in [-0.25, -0.2) is 0 Å². The highest BCUT2D eigenvalue weighted by Gasteiger charge is 2.29. The summed E-state index contributed by atoms with van der Waals surface area (Å²) in [6.45, 7) is 1.46. The lowest BCUT2D eigenvalue weighted by Crippen LogP contribution is -2.43. The summed E-state index contributed by atoms with van der Waals surface area (Å²) in [5.41, 5.74) is 3.54. The van der Waals surface area contributed by atoms with Crippen LogP contribution >= 0.6 is 0 Å². The van der Waals surface area contributed by atoms with Crippen molar-refractivity contribution < 1.29 is 9.53 Å². The van der Waals surface area contributed by atoms with Crippen LogP contribution in [-0.2, 0) is 30.6 Å². The Kier molecular flexibility index (Phi) is 8.56. The second-order valence-electron chi connectivity index (χ2n) is 10.9. The van der Waals surface area contributed by atoms with Crippen molar-refractivity contribution in [1.82, 2.24) is 25.4 Å². The summed E-state index contributed by atoms with van der Waals surface area (Å²) < 4.78 is 7.58.